The Labute approximate surface area is 144 Å². The zero-order valence-corrected chi connectivity index (χ0v) is 14.0. The van der Waals surface area contributed by atoms with Gasteiger partial charge in [0.1, 0.15) is 0 Å². The lowest BCUT2D eigenvalue weighted by molar-refractivity contribution is -0.120. The molecule has 0 aliphatic carbocycles. The van der Waals surface area contributed by atoms with Gasteiger partial charge in [-0.2, -0.15) is 0 Å². The molecule has 0 aliphatic heterocycles. The van der Waals surface area contributed by atoms with Crippen LogP contribution in [0.1, 0.15) is 21.5 Å². The van der Waals surface area contributed by atoms with E-state index >= 15 is 0 Å². The van der Waals surface area contributed by atoms with Gasteiger partial charge in [0.15, 0.2) is 0 Å². The third-order valence-corrected chi connectivity index (χ3v) is 3.89. The van der Waals surface area contributed by atoms with Gasteiger partial charge in [0.25, 0.3) is 5.91 Å². The first kappa shape index (κ1) is 17.3. The normalized spacial score (nSPS) is 10.2. The van der Waals surface area contributed by atoms with Crippen molar-refractivity contribution in [2.75, 3.05) is 7.05 Å². The highest BCUT2D eigenvalue weighted by Gasteiger charge is 2.08. The number of carbonyl (C=O) groups is 2. The maximum Gasteiger partial charge on any atom is 0.251 e. The lowest BCUT2D eigenvalue weighted by Gasteiger charge is -2.08. The second-order valence-electron chi connectivity index (χ2n) is 4.97. The predicted octanol–water partition coefficient (Wildman–Crippen LogP) is 3.21. The van der Waals surface area contributed by atoms with Crippen molar-refractivity contribution in [2.24, 2.45) is 0 Å². The van der Waals surface area contributed by atoms with E-state index in [0.29, 0.717) is 22.2 Å². The van der Waals surface area contributed by atoms with Crippen molar-refractivity contribution in [1.29, 1.82) is 0 Å². The van der Waals surface area contributed by atoms with E-state index in [4.69, 9.17) is 23.2 Å². The molecule has 0 atom stereocenters. The van der Waals surface area contributed by atoms with Gasteiger partial charge in [0.05, 0.1) is 6.42 Å². The average molecular weight is 351 g/mol. The number of carbonyl (C=O) groups excluding carboxylic acids is 2. The van der Waals surface area contributed by atoms with Gasteiger partial charge in [0, 0.05) is 29.2 Å². The molecule has 2 aromatic rings. The second kappa shape index (κ2) is 7.99. The van der Waals surface area contributed by atoms with Gasteiger partial charge < -0.3 is 10.6 Å². The highest BCUT2D eigenvalue weighted by atomic mass is 35.5. The Balaban J connectivity index is 1.90. The molecule has 4 nitrogen and oxygen atoms in total. The van der Waals surface area contributed by atoms with Crippen LogP contribution in [0.2, 0.25) is 10.0 Å². The molecule has 0 heterocycles. The van der Waals surface area contributed by atoms with E-state index in [1.54, 1.807) is 49.5 Å². The van der Waals surface area contributed by atoms with Crippen LogP contribution in [-0.4, -0.2) is 18.9 Å². The summed E-state index contributed by atoms with van der Waals surface area (Å²) in [5, 5.41) is 6.39. The molecule has 2 rings (SSSR count). The van der Waals surface area contributed by atoms with Crippen LogP contribution >= 0.6 is 23.2 Å². The summed E-state index contributed by atoms with van der Waals surface area (Å²) in [6.07, 6.45) is 0.187. The van der Waals surface area contributed by atoms with Crippen LogP contribution in [0.25, 0.3) is 0 Å². The summed E-state index contributed by atoms with van der Waals surface area (Å²) < 4.78 is 0. The molecule has 0 fully saturated rings. The van der Waals surface area contributed by atoms with Crippen molar-refractivity contribution in [1.82, 2.24) is 10.6 Å². The summed E-state index contributed by atoms with van der Waals surface area (Å²) in [6.45, 7) is 0.387. The fourth-order valence-electron chi connectivity index (χ4n) is 2.02. The van der Waals surface area contributed by atoms with Crippen LogP contribution in [0.3, 0.4) is 0 Å². The number of rotatable bonds is 5. The molecule has 120 valence electrons. The number of hydrogen-bond donors (Lipinski definition) is 2. The van der Waals surface area contributed by atoms with Gasteiger partial charge >= 0.3 is 0 Å². The first-order valence-corrected chi connectivity index (χ1v) is 7.77. The standard InChI is InChI=1S/C17H16Cl2N2O2/c1-20-17(23)12-4-2-11(3-5-12)10-21-16(22)8-13-6-7-14(18)9-15(13)19/h2-7,9H,8,10H2,1H3,(H,20,23)(H,21,22). The Kier molecular flexibility index (Phi) is 6.02. The van der Waals surface area contributed by atoms with Gasteiger partial charge in [-0.15, -0.1) is 0 Å². The van der Waals surface area contributed by atoms with Crippen molar-refractivity contribution in [2.45, 2.75) is 13.0 Å². The smallest absolute Gasteiger partial charge is 0.251 e. The number of amides is 2. The molecule has 0 aliphatic rings. The van der Waals surface area contributed by atoms with E-state index in [0.717, 1.165) is 11.1 Å². The lowest BCUT2D eigenvalue weighted by atomic mass is 10.1. The van der Waals surface area contributed by atoms with E-state index in [2.05, 4.69) is 10.6 Å². The molecule has 2 amide bonds. The van der Waals surface area contributed by atoms with E-state index < -0.39 is 0 Å². The highest BCUT2D eigenvalue weighted by molar-refractivity contribution is 6.35. The SMILES string of the molecule is CNC(=O)c1ccc(CNC(=O)Cc2ccc(Cl)cc2Cl)cc1. The molecular weight excluding hydrogens is 335 g/mol. The van der Waals surface area contributed by atoms with Crippen LogP contribution in [0.15, 0.2) is 42.5 Å². The van der Waals surface area contributed by atoms with Crippen LogP contribution < -0.4 is 10.6 Å². The molecule has 0 radical (unpaired) electrons. The maximum atomic E-state index is 12.0. The van der Waals surface area contributed by atoms with E-state index in [9.17, 15) is 9.59 Å². The average Bonchev–Trinajstić information content (AvgIpc) is 2.55. The Morgan fingerprint density at radius 2 is 1.74 bits per heavy atom. The Bertz CT molecular complexity index is 715. The molecule has 0 saturated carbocycles. The Hall–Kier alpha value is -2.04. The molecule has 0 bridgehead atoms. The number of halogens is 2. The summed E-state index contributed by atoms with van der Waals surface area (Å²) in [7, 11) is 1.58. The van der Waals surface area contributed by atoms with Crippen molar-refractivity contribution in [3.63, 3.8) is 0 Å². The minimum absolute atomic E-state index is 0.135. The van der Waals surface area contributed by atoms with Crippen LogP contribution in [0.5, 0.6) is 0 Å². The fraction of sp³-hybridized carbons (Fsp3) is 0.176. The molecule has 2 N–H and O–H groups in total. The summed E-state index contributed by atoms with van der Waals surface area (Å²) in [5.41, 5.74) is 2.22. The van der Waals surface area contributed by atoms with E-state index in [1.165, 1.54) is 0 Å². The van der Waals surface area contributed by atoms with E-state index in [-0.39, 0.29) is 18.2 Å². The number of nitrogens with one attached hydrogen (secondary N) is 2. The summed E-state index contributed by atoms with van der Waals surface area (Å²) in [6, 6.07) is 12.1. The van der Waals surface area contributed by atoms with Crippen molar-refractivity contribution in [3.8, 4) is 0 Å². The lowest BCUT2D eigenvalue weighted by Crippen LogP contribution is -2.24. The quantitative estimate of drug-likeness (QED) is 0.869. The van der Waals surface area contributed by atoms with Crippen molar-refractivity contribution < 1.29 is 9.59 Å². The Morgan fingerprint density at radius 3 is 2.35 bits per heavy atom. The molecule has 23 heavy (non-hydrogen) atoms. The van der Waals surface area contributed by atoms with Gasteiger partial charge in [0.2, 0.25) is 5.91 Å². The number of hydrogen-bond acceptors (Lipinski definition) is 2. The summed E-state index contributed by atoms with van der Waals surface area (Å²) >= 11 is 11.9. The van der Waals surface area contributed by atoms with Crippen molar-refractivity contribution >= 4 is 35.0 Å². The molecule has 0 aromatic heterocycles. The third-order valence-electron chi connectivity index (χ3n) is 3.30. The molecule has 0 spiro atoms. The molecule has 0 saturated heterocycles. The van der Waals surface area contributed by atoms with Gasteiger partial charge in [-0.25, -0.2) is 0 Å². The first-order valence-electron chi connectivity index (χ1n) is 7.01. The minimum Gasteiger partial charge on any atom is -0.355 e. The predicted molar refractivity (Wildman–Crippen MR) is 91.8 cm³/mol. The molecular formula is C17H16Cl2N2O2. The molecule has 6 heteroatoms. The third kappa shape index (κ3) is 4.98. The zero-order chi connectivity index (χ0) is 16.8. The molecule has 0 unspecified atom stereocenters. The van der Waals surface area contributed by atoms with Gasteiger partial charge in [-0.3, -0.25) is 9.59 Å². The highest BCUT2D eigenvalue weighted by Crippen LogP contribution is 2.21. The monoisotopic (exact) mass is 350 g/mol. The van der Waals surface area contributed by atoms with Crippen LogP contribution in [0.4, 0.5) is 0 Å². The second-order valence-corrected chi connectivity index (χ2v) is 5.81. The Morgan fingerprint density at radius 1 is 1.04 bits per heavy atom. The summed E-state index contributed by atoms with van der Waals surface area (Å²) in [4.78, 5) is 23.4. The minimum atomic E-state index is -0.141. The van der Waals surface area contributed by atoms with Gasteiger partial charge in [-0.05, 0) is 35.4 Å². The number of benzene rings is 2. The van der Waals surface area contributed by atoms with E-state index in [1.807, 2.05) is 0 Å². The molecule has 2 aromatic carbocycles. The van der Waals surface area contributed by atoms with Crippen molar-refractivity contribution in [3.05, 3.63) is 69.2 Å². The largest absolute Gasteiger partial charge is 0.355 e. The van der Waals surface area contributed by atoms with Gasteiger partial charge in [-0.1, -0.05) is 41.4 Å². The maximum absolute atomic E-state index is 12.0. The first-order chi connectivity index (χ1) is 11.0. The van der Waals surface area contributed by atoms with Crippen LogP contribution in [0, 0.1) is 0 Å². The van der Waals surface area contributed by atoms with Crippen LogP contribution in [-0.2, 0) is 17.8 Å². The topological polar surface area (TPSA) is 58.2 Å². The fourth-order valence-corrected chi connectivity index (χ4v) is 2.49. The zero-order valence-electron chi connectivity index (χ0n) is 12.5. The summed E-state index contributed by atoms with van der Waals surface area (Å²) in [5.74, 6) is -0.275.